The molecule has 1 saturated heterocycles. The molecule has 2 aromatic carbocycles. The van der Waals surface area contributed by atoms with Gasteiger partial charge in [0.1, 0.15) is 11.5 Å². The number of ether oxygens (including phenoxy) is 2. The van der Waals surface area contributed by atoms with Crippen LogP contribution in [0.15, 0.2) is 46.9 Å². The van der Waals surface area contributed by atoms with Gasteiger partial charge in [-0.3, -0.25) is 4.79 Å². The predicted molar refractivity (Wildman–Crippen MR) is 126 cm³/mol. The first kappa shape index (κ1) is 22.0. The van der Waals surface area contributed by atoms with Crippen molar-refractivity contribution in [3.8, 4) is 11.5 Å². The molecule has 0 aromatic heterocycles. The van der Waals surface area contributed by atoms with Crippen molar-refractivity contribution in [3.05, 3.63) is 53.1 Å². The van der Waals surface area contributed by atoms with Crippen molar-refractivity contribution in [2.75, 3.05) is 32.6 Å². The van der Waals surface area contributed by atoms with Crippen molar-refractivity contribution in [2.24, 2.45) is 0 Å². The van der Waals surface area contributed by atoms with Crippen LogP contribution in [0.1, 0.15) is 49.1 Å². The number of methoxy groups -OCH3 is 2. The highest BCUT2D eigenvalue weighted by atomic mass is 32.2. The number of carbonyl (C=O) groups is 1. The van der Waals surface area contributed by atoms with E-state index in [1.54, 1.807) is 32.4 Å². The van der Waals surface area contributed by atoms with Gasteiger partial charge in [0.05, 0.1) is 19.1 Å². The third-order valence-corrected chi connectivity index (χ3v) is 8.82. The van der Waals surface area contributed by atoms with E-state index >= 15 is 0 Å². The van der Waals surface area contributed by atoms with E-state index < -0.39 is 10.0 Å². The first-order valence-corrected chi connectivity index (χ1v) is 12.8. The highest BCUT2D eigenvalue weighted by Crippen LogP contribution is 2.42. The monoisotopic (exact) mass is 468 g/mol. The fourth-order valence-corrected chi connectivity index (χ4v) is 6.74. The second kappa shape index (κ2) is 8.50. The van der Waals surface area contributed by atoms with E-state index in [1.165, 1.54) is 4.31 Å². The number of hydrogen-bond donors (Lipinski definition) is 1. The van der Waals surface area contributed by atoms with Crippen LogP contribution in [0.25, 0.3) is 5.57 Å². The molecule has 2 fully saturated rings. The second-order valence-electron chi connectivity index (χ2n) is 8.80. The van der Waals surface area contributed by atoms with Gasteiger partial charge in [-0.2, -0.15) is 4.31 Å². The van der Waals surface area contributed by atoms with Crippen LogP contribution < -0.4 is 14.8 Å². The second-order valence-corrected chi connectivity index (χ2v) is 10.7. The minimum atomic E-state index is -3.70. The summed E-state index contributed by atoms with van der Waals surface area (Å²) < 4.78 is 39.5. The van der Waals surface area contributed by atoms with Gasteiger partial charge in [0.15, 0.2) is 0 Å². The summed E-state index contributed by atoms with van der Waals surface area (Å²) in [6.07, 6.45) is 4.64. The lowest BCUT2D eigenvalue weighted by Crippen LogP contribution is -2.28. The molecule has 2 aliphatic heterocycles. The van der Waals surface area contributed by atoms with Gasteiger partial charge in [-0.25, -0.2) is 8.42 Å². The summed E-state index contributed by atoms with van der Waals surface area (Å²) in [5.74, 6) is 1.34. The van der Waals surface area contributed by atoms with Crippen LogP contribution in [0.3, 0.4) is 0 Å². The summed E-state index contributed by atoms with van der Waals surface area (Å²) in [7, 11) is -0.474. The van der Waals surface area contributed by atoms with E-state index in [4.69, 9.17) is 9.47 Å². The van der Waals surface area contributed by atoms with Crippen LogP contribution in [0.2, 0.25) is 0 Å². The molecule has 2 aromatic rings. The van der Waals surface area contributed by atoms with Crippen LogP contribution in [-0.2, 0) is 14.8 Å². The number of anilines is 1. The Morgan fingerprint density at radius 2 is 1.82 bits per heavy atom. The molecule has 7 nitrogen and oxygen atoms in total. The molecule has 2 heterocycles. The lowest BCUT2D eigenvalue weighted by atomic mass is 9.97. The summed E-state index contributed by atoms with van der Waals surface area (Å²) >= 11 is 0. The van der Waals surface area contributed by atoms with Crippen molar-refractivity contribution in [1.82, 2.24) is 4.31 Å². The Balaban J connectivity index is 1.44. The molecule has 1 aliphatic carbocycles. The van der Waals surface area contributed by atoms with Crippen molar-refractivity contribution in [1.29, 1.82) is 0 Å². The number of allylic oxidation sites excluding steroid dienone is 1. The molecule has 5 rings (SSSR count). The average Bonchev–Trinajstić information content (AvgIpc) is 3.57. The van der Waals surface area contributed by atoms with E-state index in [1.807, 2.05) is 18.2 Å². The van der Waals surface area contributed by atoms with Gasteiger partial charge in [0.25, 0.3) is 5.91 Å². The number of sulfonamides is 1. The van der Waals surface area contributed by atoms with E-state index in [9.17, 15) is 13.2 Å². The maximum atomic E-state index is 13.5. The minimum absolute atomic E-state index is 0.0127. The Kier molecular flexibility index (Phi) is 5.66. The van der Waals surface area contributed by atoms with Crippen LogP contribution in [-0.4, -0.2) is 45.9 Å². The predicted octanol–water partition coefficient (Wildman–Crippen LogP) is 4.16. The van der Waals surface area contributed by atoms with Crippen molar-refractivity contribution >= 4 is 27.2 Å². The molecule has 174 valence electrons. The normalized spacial score (nSPS) is 20.8. The molecule has 8 heteroatoms. The largest absolute Gasteiger partial charge is 0.497 e. The van der Waals surface area contributed by atoms with E-state index in [2.05, 4.69) is 5.32 Å². The van der Waals surface area contributed by atoms with Gasteiger partial charge >= 0.3 is 0 Å². The Hall–Kier alpha value is -2.84. The standard InChI is InChI=1S/C25H28N2O5S/c1-31-18-7-10-23(32-2)20(13-18)17-11-12-27(15-17)33(29,30)19-8-9-22-21(14-19)24(25(28)26-22)16-5-3-4-6-16/h7-10,13-14,17H,3-6,11-12,15H2,1-2H3,(H,26,28). The van der Waals surface area contributed by atoms with Gasteiger partial charge in [-0.1, -0.05) is 5.57 Å². The molecule has 1 N–H and O–H groups in total. The van der Waals surface area contributed by atoms with Gasteiger partial charge in [0.2, 0.25) is 10.0 Å². The van der Waals surface area contributed by atoms with Crippen LogP contribution >= 0.6 is 0 Å². The average molecular weight is 469 g/mol. The SMILES string of the molecule is COc1ccc(OC)c(C2CCN(S(=O)(=O)c3ccc4c(c3)C(=C3CCCC3)C(=O)N4)C2)c1. The van der Waals surface area contributed by atoms with Gasteiger partial charge in [0, 0.05) is 41.4 Å². The van der Waals surface area contributed by atoms with E-state index in [-0.39, 0.29) is 16.7 Å². The number of fused-ring (bicyclic) bond motifs is 1. The topological polar surface area (TPSA) is 84.9 Å². The van der Waals surface area contributed by atoms with Crippen molar-refractivity contribution in [3.63, 3.8) is 0 Å². The smallest absolute Gasteiger partial charge is 0.256 e. The molecule has 0 bridgehead atoms. The molecule has 1 amide bonds. The Morgan fingerprint density at radius 3 is 2.55 bits per heavy atom. The molecule has 1 atom stereocenters. The minimum Gasteiger partial charge on any atom is -0.497 e. The number of nitrogens with zero attached hydrogens (tertiary/aromatic N) is 1. The molecular weight excluding hydrogens is 440 g/mol. The first-order valence-electron chi connectivity index (χ1n) is 11.3. The number of rotatable bonds is 5. The summed E-state index contributed by atoms with van der Waals surface area (Å²) in [4.78, 5) is 12.8. The molecule has 0 radical (unpaired) electrons. The van der Waals surface area contributed by atoms with E-state index in [0.717, 1.165) is 48.3 Å². The van der Waals surface area contributed by atoms with Crippen molar-refractivity contribution in [2.45, 2.75) is 42.9 Å². The van der Waals surface area contributed by atoms with Gasteiger partial charge in [-0.05, 0) is 68.5 Å². The van der Waals surface area contributed by atoms with Crippen LogP contribution in [0, 0.1) is 0 Å². The maximum Gasteiger partial charge on any atom is 0.256 e. The zero-order valence-electron chi connectivity index (χ0n) is 18.9. The number of hydrogen-bond acceptors (Lipinski definition) is 5. The molecular formula is C25H28N2O5S. The first-order chi connectivity index (χ1) is 15.9. The third kappa shape index (κ3) is 3.81. The number of amides is 1. The fraction of sp³-hybridized carbons (Fsp3) is 0.400. The highest BCUT2D eigenvalue weighted by molar-refractivity contribution is 7.89. The van der Waals surface area contributed by atoms with Gasteiger partial charge in [-0.15, -0.1) is 0 Å². The van der Waals surface area contributed by atoms with Crippen LogP contribution in [0.4, 0.5) is 5.69 Å². The van der Waals surface area contributed by atoms with Crippen LogP contribution in [0.5, 0.6) is 11.5 Å². The Labute approximate surface area is 194 Å². The summed E-state index contributed by atoms with van der Waals surface area (Å²) in [6.45, 7) is 0.795. The number of nitrogens with one attached hydrogen (secondary N) is 1. The molecule has 33 heavy (non-hydrogen) atoms. The molecule has 0 spiro atoms. The molecule has 3 aliphatic rings. The third-order valence-electron chi connectivity index (χ3n) is 6.96. The molecule has 1 saturated carbocycles. The number of carbonyl (C=O) groups excluding carboxylic acids is 1. The zero-order valence-corrected chi connectivity index (χ0v) is 19.7. The Morgan fingerprint density at radius 1 is 1.03 bits per heavy atom. The van der Waals surface area contributed by atoms with Gasteiger partial charge < -0.3 is 14.8 Å². The highest BCUT2D eigenvalue weighted by Gasteiger charge is 2.36. The van der Waals surface area contributed by atoms with E-state index in [0.29, 0.717) is 36.3 Å². The maximum absolute atomic E-state index is 13.5. The zero-order chi connectivity index (χ0) is 23.2. The fourth-order valence-electron chi connectivity index (χ4n) is 5.22. The molecule has 1 unspecified atom stereocenters. The summed E-state index contributed by atoms with van der Waals surface area (Å²) in [5, 5.41) is 2.89. The number of benzene rings is 2. The summed E-state index contributed by atoms with van der Waals surface area (Å²) in [6, 6.07) is 10.6. The Bertz CT molecular complexity index is 1240. The summed E-state index contributed by atoms with van der Waals surface area (Å²) in [5.41, 5.74) is 4.15. The lowest BCUT2D eigenvalue weighted by molar-refractivity contribution is -0.110. The lowest BCUT2D eigenvalue weighted by Gasteiger charge is -2.19. The van der Waals surface area contributed by atoms with Crippen molar-refractivity contribution < 1.29 is 22.7 Å². The quantitative estimate of drug-likeness (QED) is 0.666.